The topological polar surface area (TPSA) is 69.7 Å². The summed E-state index contributed by atoms with van der Waals surface area (Å²) in [5.74, 6) is -0.901. The van der Waals surface area contributed by atoms with Crippen LogP contribution in [0.2, 0.25) is 0 Å². The molecular weight excluding hydrogens is 262 g/mol. The summed E-state index contributed by atoms with van der Waals surface area (Å²) < 4.78 is 30.2. The summed E-state index contributed by atoms with van der Waals surface area (Å²) in [6, 6.07) is 0. The van der Waals surface area contributed by atoms with Crippen molar-refractivity contribution in [1.29, 1.82) is 0 Å². The van der Waals surface area contributed by atoms with Gasteiger partial charge >= 0.3 is 14.7 Å². The van der Waals surface area contributed by atoms with Crippen molar-refractivity contribution in [3.8, 4) is 0 Å². The quantitative estimate of drug-likeness (QED) is 0.265. The molecule has 1 unspecified atom stereocenters. The number of ether oxygens (including phenoxy) is 1. The molecule has 96 valence electrons. The minimum atomic E-state index is -0.521. The Bertz CT molecular complexity index is 280. The summed E-state index contributed by atoms with van der Waals surface area (Å²) >= 11 is 0. The molecule has 0 heterocycles. The summed E-state index contributed by atoms with van der Waals surface area (Å²) in [7, 11) is -0.618. The van der Waals surface area contributed by atoms with E-state index in [0.29, 0.717) is 18.6 Å². The molecule has 0 saturated carbocycles. The highest BCUT2D eigenvalue weighted by Gasteiger charge is 2.08. The molecule has 0 amide bonds. The van der Waals surface area contributed by atoms with E-state index in [1.807, 2.05) is 0 Å². The zero-order valence-corrected chi connectivity index (χ0v) is 11.5. The fraction of sp³-hybridized carbons (Fsp3) is 0.700. The molecule has 0 aliphatic heterocycles. The average Bonchev–Trinajstić information content (AvgIpc) is 2.31. The molecule has 0 aliphatic carbocycles. The van der Waals surface area contributed by atoms with Crippen LogP contribution in [0.5, 0.6) is 0 Å². The largest absolute Gasteiger partial charge is 0.462 e. The standard InChI is InChI=1S/C10H16O5P2/c1-8(2)10(11)14-7-5-3-4-6-9(16-12)15-17-13/h9H,1,3-7H2,2H3. The maximum Gasteiger partial charge on any atom is 0.333 e. The molecule has 0 aromatic carbocycles. The second kappa shape index (κ2) is 10.5. The van der Waals surface area contributed by atoms with E-state index in [-0.39, 0.29) is 14.4 Å². The minimum absolute atomic E-state index is 0.162. The SMILES string of the molecule is C=C(C)C(=O)OCCCCCC(OP=O)P=O. The first-order valence-electron chi connectivity index (χ1n) is 5.25. The number of unbranched alkanes of at least 4 members (excludes halogenated alkanes) is 2. The van der Waals surface area contributed by atoms with E-state index in [9.17, 15) is 13.9 Å². The normalized spacial score (nSPS) is 12.5. The van der Waals surface area contributed by atoms with E-state index < -0.39 is 14.5 Å². The Morgan fingerprint density at radius 2 is 2.00 bits per heavy atom. The van der Waals surface area contributed by atoms with Crippen molar-refractivity contribution in [3.05, 3.63) is 12.2 Å². The van der Waals surface area contributed by atoms with Crippen LogP contribution in [-0.2, 0) is 23.2 Å². The van der Waals surface area contributed by atoms with Gasteiger partial charge in [0, 0.05) is 5.57 Å². The van der Waals surface area contributed by atoms with Gasteiger partial charge in [0.1, 0.15) is 0 Å². The highest BCUT2D eigenvalue weighted by atomic mass is 31.1. The molecule has 0 aliphatic rings. The fourth-order valence-corrected chi connectivity index (χ4v) is 1.82. The first-order valence-corrected chi connectivity index (χ1v) is 6.86. The van der Waals surface area contributed by atoms with Crippen LogP contribution in [0.25, 0.3) is 0 Å². The molecule has 5 nitrogen and oxygen atoms in total. The van der Waals surface area contributed by atoms with Crippen molar-refractivity contribution in [1.82, 2.24) is 0 Å². The maximum atomic E-state index is 11.0. The summed E-state index contributed by atoms with van der Waals surface area (Å²) in [6.07, 6.45) is 2.90. The van der Waals surface area contributed by atoms with E-state index >= 15 is 0 Å². The van der Waals surface area contributed by atoms with Crippen molar-refractivity contribution >= 4 is 23.1 Å². The summed E-state index contributed by atoms with van der Waals surface area (Å²) in [6.45, 7) is 5.42. The predicted octanol–water partition coefficient (Wildman–Crippen LogP) is 3.51. The second-order valence-electron chi connectivity index (χ2n) is 3.51. The van der Waals surface area contributed by atoms with Gasteiger partial charge in [-0.15, -0.1) is 0 Å². The summed E-state index contributed by atoms with van der Waals surface area (Å²) in [5, 5.41) is 0. The Labute approximate surface area is 104 Å². The van der Waals surface area contributed by atoms with Crippen LogP contribution in [0, 0.1) is 0 Å². The number of rotatable bonds is 10. The maximum absolute atomic E-state index is 11.0. The lowest BCUT2D eigenvalue weighted by atomic mass is 10.2. The molecule has 0 fully saturated rings. The second-order valence-corrected chi connectivity index (χ2v) is 4.65. The average molecular weight is 278 g/mol. The zero-order chi connectivity index (χ0) is 13.1. The number of carbonyl (C=O) groups is 1. The number of carbonyl (C=O) groups excluding carboxylic acids is 1. The van der Waals surface area contributed by atoms with Crippen LogP contribution in [0.3, 0.4) is 0 Å². The first-order chi connectivity index (χ1) is 8.11. The molecule has 7 heteroatoms. The van der Waals surface area contributed by atoms with Gasteiger partial charge in [-0.3, -0.25) is 9.09 Å². The van der Waals surface area contributed by atoms with E-state index in [0.717, 1.165) is 19.3 Å². The molecule has 0 N–H and O–H groups in total. The first kappa shape index (κ1) is 16.4. The highest BCUT2D eigenvalue weighted by molar-refractivity contribution is 7.26. The Morgan fingerprint density at radius 1 is 1.29 bits per heavy atom. The monoisotopic (exact) mass is 278 g/mol. The van der Waals surface area contributed by atoms with Crippen LogP contribution < -0.4 is 0 Å². The molecule has 0 saturated heterocycles. The van der Waals surface area contributed by atoms with E-state index in [4.69, 9.17) is 4.74 Å². The van der Waals surface area contributed by atoms with Crippen LogP contribution in [0.1, 0.15) is 32.6 Å². The van der Waals surface area contributed by atoms with Gasteiger partial charge in [-0.1, -0.05) is 6.58 Å². The van der Waals surface area contributed by atoms with E-state index in [2.05, 4.69) is 11.1 Å². The van der Waals surface area contributed by atoms with Gasteiger partial charge in [0.25, 0.3) is 0 Å². The molecule has 0 bridgehead atoms. The lowest BCUT2D eigenvalue weighted by Gasteiger charge is -2.06. The molecular formula is C10H16O5P2. The number of hydrogen-bond acceptors (Lipinski definition) is 5. The van der Waals surface area contributed by atoms with Gasteiger partial charge in [0.2, 0.25) is 0 Å². The van der Waals surface area contributed by atoms with E-state index in [1.165, 1.54) is 0 Å². The molecule has 0 aromatic heterocycles. The smallest absolute Gasteiger partial charge is 0.333 e. The van der Waals surface area contributed by atoms with E-state index in [1.54, 1.807) is 6.92 Å². The third-order valence-corrected chi connectivity index (χ3v) is 3.06. The predicted molar refractivity (Wildman–Crippen MR) is 64.3 cm³/mol. The third kappa shape index (κ3) is 9.11. The Hall–Kier alpha value is -0.630. The van der Waals surface area contributed by atoms with Crippen molar-refractivity contribution in [2.45, 2.75) is 38.5 Å². The van der Waals surface area contributed by atoms with Crippen LogP contribution in [0.4, 0.5) is 0 Å². The third-order valence-electron chi connectivity index (χ3n) is 1.96. The lowest BCUT2D eigenvalue weighted by Crippen LogP contribution is -2.06. The molecule has 0 radical (unpaired) electrons. The van der Waals surface area contributed by atoms with Crippen molar-refractivity contribution in [3.63, 3.8) is 0 Å². The van der Waals surface area contributed by atoms with Crippen LogP contribution in [0.15, 0.2) is 12.2 Å². The van der Waals surface area contributed by atoms with Crippen molar-refractivity contribution in [2.24, 2.45) is 0 Å². The van der Waals surface area contributed by atoms with Crippen LogP contribution in [-0.4, -0.2) is 18.4 Å². The molecule has 17 heavy (non-hydrogen) atoms. The van der Waals surface area contributed by atoms with Crippen molar-refractivity contribution in [2.75, 3.05) is 6.61 Å². The Kier molecular flexibility index (Phi) is 10.1. The Morgan fingerprint density at radius 3 is 2.53 bits per heavy atom. The lowest BCUT2D eigenvalue weighted by molar-refractivity contribution is -0.139. The van der Waals surface area contributed by atoms with Crippen molar-refractivity contribution < 1.29 is 23.2 Å². The van der Waals surface area contributed by atoms with Gasteiger partial charge in [-0.05, 0) is 32.6 Å². The zero-order valence-electron chi connectivity index (χ0n) is 9.76. The minimum Gasteiger partial charge on any atom is -0.462 e. The molecule has 0 aromatic rings. The van der Waals surface area contributed by atoms with Gasteiger partial charge in [-0.25, -0.2) is 9.36 Å². The van der Waals surface area contributed by atoms with Gasteiger partial charge in [-0.2, -0.15) is 0 Å². The van der Waals surface area contributed by atoms with Gasteiger partial charge in [0.15, 0.2) is 14.3 Å². The Balaban J connectivity index is 3.45. The summed E-state index contributed by atoms with van der Waals surface area (Å²) in [4.78, 5) is 11.0. The molecule has 0 rings (SSSR count). The highest BCUT2D eigenvalue weighted by Crippen LogP contribution is 2.20. The molecule has 1 atom stereocenters. The summed E-state index contributed by atoms with van der Waals surface area (Å²) in [5.41, 5.74) is 0.387. The number of hydrogen-bond donors (Lipinski definition) is 0. The van der Waals surface area contributed by atoms with Gasteiger partial charge in [0.05, 0.1) is 6.61 Å². The van der Waals surface area contributed by atoms with Crippen LogP contribution >= 0.6 is 17.1 Å². The van der Waals surface area contributed by atoms with Gasteiger partial charge < -0.3 is 4.74 Å². The fourth-order valence-electron chi connectivity index (χ4n) is 1.06. The molecule has 0 spiro atoms. The number of esters is 1.